The Labute approximate surface area is 211 Å². The third kappa shape index (κ3) is 7.78. The van der Waals surface area contributed by atoms with E-state index >= 15 is 0 Å². The summed E-state index contributed by atoms with van der Waals surface area (Å²) < 4.78 is 15.9. The van der Waals surface area contributed by atoms with Crippen LogP contribution in [-0.4, -0.2) is 66.6 Å². The van der Waals surface area contributed by atoms with Crippen LogP contribution in [0, 0.1) is 11.7 Å². The molecule has 198 valence electrons. The zero-order chi connectivity index (χ0) is 26.9. The second-order valence-corrected chi connectivity index (χ2v) is 8.85. The summed E-state index contributed by atoms with van der Waals surface area (Å²) in [4.78, 5) is 62.8. The number of carboxylic acids is 2. The monoisotopic (exact) mass is 516 g/mol. The van der Waals surface area contributed by atoms with Gasteiger partial charge in [-0.15, -0.1) is 0 Å². The van der Waals surface area contributed by atoms with E-state index in [0.717, 1.165) is 25.9 Å². The van der Waals surface area contributed by atoms with E-state index in [1.807, 2.05) is 0 Å². The van der Waals surface area contributed by atoms with Gasteiger partial charge in [0.05, 0.1) is 0 Å². The lowest BCUT2D eigenvalue weighted by Gasteiger charge is -2.31. The molecule has 1 aromatic heterocycles. The third-order valence-electron chi connectivity index (χ3n) is 6.36. The molecule has 12 heteroatoms. The van der Waals surface area contributed by atoms with Crippen LogP contribution >= 0.6 is 0 Å². The molecule has 1 fully saturated rings. The summed E-state index contributed by atoms with van der Waals surface area (Å²) in [6, 6.07) is 5.69. The summed E-state index contributed by atoms with van der Waals surface area (Å²) in [5, 5.41) is 15.6. The van der Waals surface area contributed by atoms with E-state index in [0.29, 0.717) is 62.4 Å². The highest BCUT2D eigenvalue weighted by atomic mass is 19.1. The first-order valence-electron chi connectivity index (χ1n) is 12.0. The van der Waals surface area contributed by atoms with Crippen molar-refractivity contribution in [3.8, 4) is 0 Å². The molecule has 0 spiro atoms. The molecule has 37 heavy (non-hydrogen) atoms. The molecule has 1 aromatic carbocycles. The summed E-state index contributed by atoms with van der Waals surface area (Å²) in [7, 11) is 0. The Morgan fingerprint density at radius 3 is 2.16 bits per heavy atom. The van der Waals surface area contributed by atoms with Crippen molar-refractivity contribution in [1.82, 2.24) is 19.0 Å². The van der Waals surface area contributed by atoms with Gasteiger partial charge in [0.15, 0.2) is 5.78 Å². The van der Waals surface area contributed by atoms with Crippen molar-refractivity contribution in [2.24, 2.45) is 5.92 Å². The largest absolute Gasteiger partial charge is 0.478 e. The zero-order valence-corrected chi connectivity index (χ0v) is 20.2. The smallest absolute Gasteiger partial charge is 0.353 e. The Bertz CT molecular complexity index is 1260. The average Bonchev–Trinajstić information content (AvgIpc) is 2.88. The minimum Gasteiger partial charge on any atom is -0.478 e. The molecular weight excluding hydrogens is 487 g/mol. The molecular formula is C25H29FN4O7. The van der Waals surface area contributed by atoms with Gasteiger partial charge in [-0.25, -0.2) is 28.1 Å². The predicted molar refractivity (Wildman–Crippen MR) is 130 cm³/mol. The molecule has 0 bridgehead atoms. The van der Waals surface area contributed by atoms with Gasteiger partial charge in [-0.2, -0.15) is 4.98 Å². The number of aryl methyl sites for hydroxylation is 1. The number of rotatable bonds is 7. The standard InChI is InChI=1S/C21H25FN4O3.C4H4O4/c22-17-6-4-15(5-7-17)19(27)16-8-11-24(12-9-16)13-14-26-20(28)23-18-3-1-2-10-25(18)21(26)29;5-3(6)1-2-4(7)8/h4-7,16H,1-3,8-14H2;1-2H,(H,5,6)(H,7,8)/b;2-1-. The van der Waals surface area contributed by atoms with E-state index in [1.54, 1.807) is 4.57 Å². The van der Waals surface area contributed by atoms with Gasteiger partial charge in [-0.3, -0.25) is 9.36 Å². The summed E-state index contributed by atoms with van der Waals surface area (Å²) in [5.41, 5.74) is -0.185. The normalized spacial score (nSPS) is 16.0. The van der Waals surface area contributed by atoms with Gasteiger partial charge >= 0.3 is 23.3 Å². The maximum Gasteiger partial charge on any atom is 0.353 e. The number of likely N-dealkylation sites (tertiary alicyclic amines) is 1. The summed E-state index contributed by atoms with van der Waals surface area (Å²) in [6.07, 6.45) is 5.12. The topological polar surface area (TPSA) is 152 Å². The van der Waals surface area contributed by atoms with Crippen molar-refractivity contribution < 1.29 is 29.0 Å². The molecule has 2 N–H and O–H groups in total. The molecule has 0 aliphatic carbocycles. The predicted octanol–water partition coefficient (Wildman–Crippen LogP) is 1.19. The molecule has 2 aromatic rings. The highest BCUT2D eigenvalue weighted by Crippen LogP contribution is 2.22. The van der Waals surface area contributed by atoms with Gasteiger partial charge in [-0.05, 0) is 63.0 Å². The quantitative estimate of drug-likeness (QED) is 0.408. The maximum absolute atomic E-state index is 13.0. The van der Waals surface area contributed by atoms with Crippen LogP contribution < -0.4 is 11.4 Å². The van der Waals surface area contributed by atoms with Crippen LogP contribution in [0.5, 0.6) is 0 Å². The Morgan fingerprint density at radius 1 is 0.946 bits per heavy atom. The lowest BCUT2D eigenvalue weighted by atomic mass is 9.89. The van der Waals surface area contributed by atoms with Crippen molar-refractivity contribution in [3.63, 3.8) is 0 Å². The zero-order valence-electron chi connectivity index (χ0n) is 20.2. The lowest BCUT2D eigenvalue weighted by Crippen LogP contribution is -2.47. The SMILES string of the molecule is O=C(O)/C=C\C(=O)O.O=C(c1ccc(F)cc1)C1CCN(CCn2c(=O)nc3n(c2=O)CCCC3)CC1. The molecule has 11 nitrogen and oxygen atoms in total. The van der Waals surface area contributed by atoms with E-state index < -0.39 is 17.6 Å². The molecule has 2 aliphatic heterocycles. The number of nitrogens with zero attached hydrogens (tertiary/aromatic N) is 4. The number of carbonyl (C=O) groups excluding carboxylic acids is 1. The van der Waals surface area contributed by atoms with Gasteiger partial charge in [0.1, 0.15) is 11.6 Å². The Balaban J connectivity index is 0.000000414. The van der Waals surface area contributed by atoms with Gasteiger partial charge in [0.2, 0.25) is 0 Å². The second kappa shape index (κ2) is 12.9. The van der Waals surface area contributed by atoms with E-state index in [-0.39, 0.29) is 23.2 Å². The van der Waals surface area contributed by atoms with Crippen LogP contribution in [-0.2, 0) is 29.1 Å². The van der Waals surface area contributed by atoms with Crippen molar-refractivity contribution in [2.75, 3.05) is 19.6 Å². The number of Topliss-reactive ketones (excluding diaryl/α,β-unsaturated/α-hetero) is 1. The number of aliphatic carboxylic acids is 2. The lowest BCUT2D eigenvalue weighted by molar-refractivity contribution is -0.134. The molecule has 2 aliphatic rings. The minimum atomic E-state index is -1.26. The summed E-state index contributed by atoms with van der Waals surface area (Å²) >= 11 is 0. The first-order valence-corrected chi connectivity index (χ1v) is 12.0. The molecule has 0 saturated carbocycles. The number of aromatic nitrogens is 3. The molecule has 0 amide bonds. The van der Waals surface area contributed by atoms with Crippen molar-refractivity contribution in [2.45, 2.75) is 45.2 Å². The fraction of sp³-hybridized carbons (Fsp3) is 0.440. The summed E-state index contributed by atoms with van der Waals surface area (Å²) in [5.74, 6) is -2.28. The average molecular weight is 517 g/mol. The Morgan fingerprint density at radius 2 is 1.57 bits per heavy atom. The highest BCUT2D eigenvalue weighted by molar-refractivity contribution is 5.97. The van der Waals surface area contributed by atoms with Crippen molar-refractivity contribution in [3.05, 3.63) is 74.6 Å². The Hall–Kier alpha value is -3.93. The van der Waals surface area contributed by atoms with E-state index in [9.17, 15) is 28.4 Å². The number of carboxylic acid groups (broad SMARTS) is 2. The third-order valence-corrected chi connectivity index (χ3v) is 6.36. The molecule has 0 radical (unpaired) electrons. The molecule has 0 atom stereocenters. The fourth-order valence-electron chi connectivity index (χ4n) is 4.38. The van der Waals surface area contributed by atoms with Crippen molar-refractivity contribution in [1.29, 1.82) is 0 Å². The number of fused-ring (bicyclic) bond motifs is 1. The number of ketones is 1. The van der Waals surface area contributed by atoms with E-state index in [2.05, 4.69) is 9.88 Å². The molecule has 3 heterocycles. The van der Waals surface area contributed by atoms with Crippen LogP contribution in [0.15, 0.2) is 46.0 Å². The van der Waals surface area contributed by atoms with Crippen LogP contribution in [0.3, 0.4) is 0 Å². The number of carbonyl (C=O) groups is 3. The van der Waals surface area contributed by atoms with Gasteiger partial charge in [0.25, 0.3) is 0 Å². The maximum atomic E-state index is 13.0. The van der Waals surface area contributed by atoms with E-state index in [1.165, 1.54) is 28.8 Å². The molecule has 4 rings (SSSR count). The Kier molecular flexibility index (Phi) is 9.61. The van der Waals surface area contributed by atoms with Crippen molar-refractivity contribution >= 4 is 17.7 Å². The number of piperidine rings is 1. The highest BCUT2D eigenvalue weighted by Gasteiger charge is 2.26. The summed E-state index contributed by atoms with van der Waals surface area (Å²) in [6.45, 7) is 2.96. The van der Waals surface area contributed by atoms with E-state index in [4.69, 9.17) is 10.2 Å². The minimum absolute atomic E-state index is 0.0537. The second-order valence-electron chi connectivity index (χ2n) is 8.85. The fourth-order valence-corrected chi connectivity index (χ4v) is 4.38. The van der Waals surface area contributed by atoms with Crippen LogP contribution in [0.4, 0.5) is 4.39 Å². The van der Waals surface area contributed by atoms with Gasteiger partial charge in [0, 0.05) is 49.7 Å². The number of hydrogen-bond donors (Lipinski definition) is 2. The van der Waals surface area contributed by atoms with Crippen LogP contribution in [0.1, 0.15) is 41.9 Å². The number of halogens is 1. The van der Waals surface area contributed by atoms with Crippen LogP contribution in [0.2, 0.25) is 0 Å². The number of benzene rings is 1. The first kappa shape index (κ1) is 27.7. The van der Waals surface area contributed by atoms with Gasteiger partial charge < -0.3 is 15.1 Å². The molecule has 1 saturated heterocycles. The number of hydrogen-bond acceptors (Lipinski definition) is 7. The molecule has 0 unspecified atom stereocenters. The first-order chi connectivity index (χ1) is 17.7. The van der Waals surface area contributed by atoms with Crippen LogP contribution in [0.25, 0.3) is 0 Å². The van der Waals surface area contributed by atoms with Gasteiger partial charge in [-0.1, -0.05) is 0 Å².